The van der Waals surface area contributed by atoms with Crippen LogP contribution < -0.4 is 21.8 Å². The van der Waals surface area contributed by atoms with Gasteiger partial charge in [0, 0.05) is 0 Å². The maximum Gasteiger partial charge on any atom is 0.416 e. The van der Waals surface area contributed by atoms with Crippen molar-refractivity contribution in [2.24, 2.45) is 0 Å². The summed E-state index contributed by atoms with van der Waals surface area (Å²) in [4.78, 5) is 6.76. The van der Waals surface area contributed by atoms with Gasteiger partial charge >= 0.3 is 113 Å². The highest BCUT2D eigenvalue weighted by Crippen LogP contribution is 2.55. The van der Waals surface area contributed by atoms with Gasteiger partial charge in [0.1, 0.15) is 48.5 Å². The molecule has 0 amide bonds. The van der Waals surface area contributed by atoms with Crippen molar-refractivity contribution in [3.05, 3.63) is 275 Å². The fraction of sp³-hybridized carbons (Fsp3) is 0.164. The Morgan fingerprint density at radius 1 is 0.240 bits per heavy atom. The quantitative estimate of drug-likeness (QED) is 0.0249. The zero-order chi connectivity index (χ0) is 97.6. The lowest BCUT2D eigenvalue weighted by atomic mass is 10.1. The first-order valence-corrected chi connectivity index (χ1v) is 42.5. The molecular formula is C73H38F32O17S7. The minimum Gasteiger partial charge on any atom is -0.743 e. The summed E-state index contributed by atoms with van der Waals surface area (Å²) in [6.45, 7) is 0. The molecule has 0 radical (unpaired) electrons. The Kier molecular flexibility index (Phi) is 29.2. The van der Waals surface area contributed by atoms with Crippen molar-refractivity contribution in [3.8, 4) is 23.0 Å². The maximum absolute atomic E-state index is 13.3. The van der Waals surface area contributed by atoms with Gasteiger partial charge in [-0.15, -0.1) is 0 Å². The number of carbonyl (C=O) groups excluding carboxylic acids is 1. The molecule has 698 valence electrons. The molecule has 0 spiro atoms. The van der Waals surface area contributed by atoms with Crippen LogP contribution in [0.1, 0.15) is 44.5 Å². The van der Waals surface area contributed by atoms with Crippen LogP contribution in [-0.4, -0.2) is 75.6 Å². The fourth-order valence-corrected chi connectivity index (χ4v) is 18.7. The van der Waals surface area contributed by atoms with Crippen LogP contribution in [0.15, 0.2) is 279 Å². The molecule has 0 aromatic heterocycles. The Hall–Kier alpha value is -11.0. The first kappa shape index (κ1) is 103. The van der Waals surface area contributed by atoms with Gasteiger partial charge in [0.25, 0.3) is 0 Å². The van der Waals surface area contributed by atoms with E-state index >= 15 is 0 Å². The number of carboxylic acids is 1. The second-order valence-corrected chi connectivity index (χ2v) is 36.9. The van der Waals surface area contributed by atoms with Gasteiger partial charge in [-0.1, -0.05) is 36.4 Å². The first-order valence-electron chi connectivity index (χ1n) is 33.1. The summed E-state index contributed by atoms with van der Waals surface area (Å²) < 4.78 is 570. The lowest BCUT2D eigenvalue weighted by Gasteiger charge is -2.37. The van der Waals surface area contributed by atoms with E-state index in [1.807, 2.05) is 0 Å². The molecule has 17 nitrogen and oxygen atoms in total. The fourth-order valence-electron chi connectivity index (χ4n) is 10.1. The summed E-state index contributed by atoms with van der Waals surface area (Å²) in [5, 5.41) is 2.37. The van der Waals surface area contributed by atoms with Crippen molar-refractivity contribution in [3.63, 3.8) is 0 Å². The molecule has 0 N–H and O–H groups in total. The van der Waals surface area contributed by atoms with Gasteiger partial charge in [-0.3, -0.25) is 0 Å². The largest absolute Gasteiger partial charge is 0.743 e. The van der Waals surface area contributed by atoms with E-state index in [2.05, 4.69) is 0 Å². The van der Waals surface area contributed by atoms with Gasteiger partial charge in [0.05, 0.1) is 66.3 Å². The lowest BCUT2D eigenvalue weighted by Crippen LogP contribution is -2.68. The van der Waals surface area contributed by atoms with Crippen molar-refractivity contribution in [1.82, 2.24) is 0 Å². The summed E-state index contributed by atoms with van der Waals surface area (Å²) in [5.74, 6) is -27.9. The summed E-state index contributed by atoms with van der Waals surface area (Å²) in [6.07, 6.45) is -42.6. The van der Waals surface area contributed by atoms with E-state index in [4.69, 9.17) is 16.7 Å². The van der Waals surface area contributed by atoms with E-state index in [9.17, 15) is 197 Å². The van der Waals surface area contributed by atoms with Crippen molar-refractivity contribution < 1.29 is 214 Å². The number of carbonyl (C=O) groups is 1. The van der Waals surface area contributed by atoms with Gasteiger partial charge in [-0.25, -0.2) is 8.42 Å². The Balaban J connectivity index is 0.000000266. The predicted molar refractivity (Wildman–Crippen MR) is 375 cm³/mol. The Morgan fingerprint density at radius 3 is 0.550 bits per heavy atom. The van der Waals surface area contributed by atoms with E-state index < -0.39 is 238 Å². The second kappa shape index (κ2) is 36.4. The minimum absolute atomic E-state index is 0.0101. The molecule has 0 aliphatic rings. The van der Waals surface area contributed by atoms with E-state index in [1.165, 1.54) is 48.5 Å². The highest BCUT2D eigenvalue weighted by atomic mass is 32.2. The van der Waals surface area contributed by atoms with Crippen LogP contribution in [-0.2, 0) is 127 Å². The third-order valence-electron chi connectivity index (χ3n) is 16.1. The molecular weight excluding hydrogens is 1980 g/mol. The zero-order valence-electron chi connectivity index (χ0n) is 61.3. The molecule has 0 aliphatic carbocycles. The summed E-state index contributed by atoms with van der Waals surface area (Å²) in [5.41, 5.74) is -15.1. The number of benzene rings is 10. The summed E-state index contributed by atoms with van der Waals surface area (Å²) in [7, 11) is -30.7. The third kappa shape index (κ3) is 24.6. The van der Waals surface area contributed by atoms with Crippen molar-refractivity contribution >= 4 is 78.3 Å². The van der Waals surface area contributed by atoms with Crippen molar-refractivity contribution in [1.29, 1.82) is 0 Å². The smallest absolute Gasteiger partial charge is 0.416 e. The maximum atomic E-state index is 13.3. The molecule has 0 saturated carbocycles. The molecule has 0 bridgehead atoms. The van der Waals surface area contributed by atoms with Crippen molar-refractivity contribution in [2.75, 3.05) is 0 Å². The first-order chi connectivity index (χ1) is 58.4. The summed E-state index contributed by atoms with van der Waals surface area (Å²) in [6, 6.07) is 34.7. The van der Waals surface area contributed by atoms with E-state index in [0.717, 1.165) is 48.5 Å². The molecule has 10 aromatic carbocycles. The molecule has 0 saturated heterocycles. The molecule has 0 atom stereocenters. The zero-order valence-corrected chi connectivity index (χ0v) is 67.0. The third-order valence-corrected chi connectivity index (χ3v) is 26.4. The van der Waals surface area contributed by atoms with Gasteiger partial charge in [0.2, 0.25) is 0 Å². The van der Waals surface area contributed by atoms with Crippen LogP contribution in [0.3, 0.4) is 0 Å². The molecule has 56 heteroatoms. The lowest BCUT2D eigenvalue weighted by molar-refractivity contribution is -0.383. The van der Waals surface area contributed by atoms with Gasteiger partial charge in [-0.05, 0) is 194 Å². The van der Waals surface area contributed by atoms with E-state index in [0.29, 0.717) is 29.4 Å². The monoisotopic (exact) mass is 2020 g/mol. The second-order valence-electron chi connectivity index (χ2n) is 25.2. The minimum atomic E-state index is -7.50. The van der Waals surface area contributed by atoms with Gasteiger partial charge in [0.15, 0.2) is 39.5 Å². The Bertz CT molecular complexity index is 5590. The number of hydrogen-bond acceptors (Lipinski definition) is 17. The SMILES string of the molecule is O=C([O-])C(F)(F)C(F)(F)C(F)(F)C(F)(F)S(=O)(=O)[O-].O=S(=O)(Oc1ccc([S+](c2ccccc2)c2ccc(OS(=O)(=O)c3cc(C(F)(F)F)cc(C(F)(F)F)c3)cc2)cc1)c1cc(C(F)(F)F)cc(C(F)(F)F)c1.O=S(=O)(Oc1ccc([S+](c2ccccc2)c2ccc(OS(=O)(=O)c3cc(C(F)(F)F)cc(C(F)(F)F)c3)cc2)cc1)c1cc(C(F)(F)F)cc(C(F)(F)F)c1. The number of hydrogen-bond donors (Lipinski definition) is 0. The molecule has 0 unspecified atom stereocenters. The molecule has 10 rings (SSSR count). The molecule has 0 aliphatic heterocycles. The number of alkyl halides is 32. The topological polar surface area (TPSA) is 271 Å². The standard InChI is InChI=1S/2C34H19F12O6S3.C5H2F8O5S/c2*35-31(36,37)20-14-21(32(38,39)40)17-29(16-20)54(47,48)51-24-6-10-27(11-7-24)53(26-4-2-1-3-5-26)28-12-8-25(9-13-28)52-55(49,50)30-18-22(33(41,42)43)15-23(19-30)34(44,45)46;6-2(7,1(14)15)3(8,9)4(10,11)5(12,13)19(16,17)18/h2*1-19H;(H,14,15)(H,16,17,18)/q2*+1;/p-2. The molecule has 0 fully saturated rings. The van der Waals surface area contributed by atoms with Crippen LogP contribution in [0.5, 0.6) is 23.0 Å². The van der Waals surface area contributed by atoms with Crippen LogP contribution in [0.25, 0.3) is 0 Å². The van der Waals surface area contributed by atoms with Crippen LogP contribution in [0.4, 0.5) is 140 Å². The molecule has 129 heavy (non-hydrogen) atoms. The summed E-state index contributed by atoms with van der Waals surface area (Å²) >= 11 is 0. The number of aliphatic carboxylic acids is 1. The van der Waals surface area contributed by atoms with Gasteiger partial charge < -0.3 is 31.2 Å². The number of halogens is 32. The predicted octanol–water partition coefficient (Wildman–Crippen LogP) is 20.6. The van der Waals surface area contributed by atoms with E-state index in [1.54, 1.807) is 60.7 Å². The average Bonchev–Trinajstić information content (AvgIpc) is 0.717. The van der Waals surface area contributed by atoms with Crippen LogP contribution in [0, 0.1) is 0 Å². The normalized spacial score (nSPS) is 13.5. The van der Waals surface area contributed by atoms with Gasteiger partial charge in [-0.2, -0.15) is 174 Å². The Morgan fingerprint density at radius 2 is 0.403 bits per heavy atom. The highest BCUT2D eigenvalue weighted by molar-refractivity contribution is 7.97. The van der Waals surface area contributed by atoms with Crippen LogP contribution >= 0.6 is 0 Å². The molecule has 0 heterocycles. The number of carboxylic acid groups (broad SMARTS) is 1. The molecule has 10 aromatic rings. The Labute approximate surface area is 708 Å². The highest BCUT2D eigenvalue weighted by Gasteiger charge is 2.83. The van der Waals surface area contributed by atoms with E-state index in [-0.39, 0.29) is 72.8 Å². The average molecular weight is 2020 g/mol. The van der Waals surface area contributed by atoms with Crippen molar-refractivity contribution in [2.45, 2.75) is 121 Å². The number of rotatable bonds is 23. The van der Waals surface area contributed by atoms with Crippen LogP contribution in [0.2, 0.25) is 0 Å².